The lowest BCUT2D eigenvalue weighted by atomic mass is 10.3. The van der Waals surface area contributed by atoms with E-state index in [9.17, 15) is 4.39 Å². The maximum atomic E-state index is 13.0. The highest BCUT2D eigenvalue weighted by atomic mass is 35.5. The lowest BCUT2D eigenvalue weighted by Gasteiger charge is -2.13. The average molecular weight is 323 g/mol. The summed E-state index contributed by atoms with van der Waals surface area (Å²) in [5.74, 6) is -0.445. The van der Waals surface area contributed by atoms with E-state index in [1.54, 1.807) is 6.07 Å². The van der Waals surface area contributed by atoms with Crippen LogP contribution >= 0.6 is 36.4 Å². The summed E-state index contributed by atoms with van der Waals surface area (Å²) in [6.45, 7) is 10.1. The van der Waals surface area contributed by atoms with Crippen molar-refractivity contribution in [1.82, 2.24) is 4.90 Å². The van der Waals surface area contributed by atoms with Gasteiger partial charge in [-0.25, -0.2) is 4.39 Å². The Balaban J connectivity index is 0.000000399. The molecule has 0 saturated carbocycles. The molecular formula is C13H20ClFN2S2. The third-order valence-corrected chi connectivity index (χ3v) is 2.96. The van der Waals surface area contributed by atoms with E-state index < -0.39 is 5.82 Å². The molecule has 0 aliphatic rings. The molecule has 0 bridgehead atoms. The highest BCUT2D eigenvalue weighted by Gasteiger charge is 2.01. The molecule has 6 heteroatoms. The van der Waals surface area contributed by atoms with Gasteiger partial charge >= 0.3 is 0 Å². The van der Waals surface area contributed by atoms with Crippen LogP contribution in [0.5, 0.6) is 0 Å². The molecule has 0 atom stereocenters. The molecule has 2 nitrogen and oxygen atoms in total. The van der Waals surface area contributed by atoms with Gasteiger partial charge in [-0.1, -0.05) is 44.6 Å². The van der Waals surface area contributed by atoms with E-state index in [0.717, 1.165) is 0 Å². The number of hydrogen-bond donors (Lipinski definition) is 2. The molecule has 0 heterocycles. The molecule has 0 aromatic heterocycles. The number of thiol groups is 1. The van der Waals surface area contributed by atoms with Gasteiger partial charge in [0.25, 0.3) is 0 Å². The largest absolute Gasteiger partial charge is 0.339 e. The number of thiocarbonyl (C=S) groups is 1. The van der Waals surface area contributed by atoms with Crippen LogP contribution in [-0.4, -0.2) is 28.9 Å². The Hall–Kier alpha value is -0.360. The zero-order valence-electron chi connectivity index (χ0n) is 11.4. The molecule has 1 aromatic rings. The lowest BCUT2D eigenvalue weighted by molar-refractivity contribution is 0.321. The van der Waals surface area contributed by atoms with E-state index >= 15 is 0 Å². The van der Waals surface area contributed by atoms with Crippen molar-refractivity contribution < 1.29 is 4.39 Å². The Bertz CT molecular complexity index is 393. The first-order valence-corrected chi connectivity index (χ1v) is 7.35. The highest BCUT2D eigenvalue weighted by Crippen LogP contribution is 2.18. The Morgan fingerprint density at radius 2 is 1.84 bits per heavy atom. The Labute approximate surface area is 130 Å². The molecule has 0 spiro atoms. The van der Waals surface area contributed by atoms with Gasteiger partial charge in [0.2, 0.25) is 0 Å². The number of halogens is 2. The molecule has 0 aliphatic heterocycles. The fraction of sp³-hybridized carbons (Fsp3) is 0.462. The first-order chi connectivity index (χ1) is 8.94. The molecule has 1 aromatic carbocycles. The van der Waals surface area contributed by atoms with Gasteiger partial charge in [-0.05, 0) is 37.8 Å². The first kappa shape index (κ1) is 18.6. The van der Waals surface area contributed by atoms with E-state index in [1.807, 2.05) is 0 Å². The summed E-state index contributed by atoms with van der Waals surface area (Å²) in [5.41, 5.74) is 0.277. The number of nitrogens with one attached hydrogen (secondary N) is 1. The van der Waals surface area contributed by atoms with Gasteiger partial charge in [0.1, 0.15) is 10.1 Å². The highest BCUT2D eigenvalue weighted by molar-refractivity contribution is 8.11. The van der Waals surface area contributed by atoms with Gasteiger partial charge in [-0.15, -0.1) is 12.6 Å². The summed E-state index contributed by atoms with van der Waals surface area (Å²) in [4.78, 5) is 2.38. The van der Waals surface area contributed by atoms with Gasteiger partial charge in [0.15, 0.2) is 0 Å². The zero-order valence-corrected chi connectivity index (χ0v) is 13.9. The van der Waals surface area contributed by atoms with Crippen LogP contribution < -0.4 is 5.32 Å². The normalized spacial score (nSPS) is 9.84. The van der Waals surface area contributed by atoms with Crippen molar-refractivity contribution in [2.24, 2.45) is 0 Å². The molecule has 19 heavy (non-hydrogen) atoms. The second kappa shape index (κ2) is 10.4. The molecule has 0 radical (unpaired) electrons. The van der Waals surface area contributed by atoms with E-state index in [-0.39, 0.29) is 10.0 Å². The predicted molar refractivity (Wildman–Crippen MR) is 90.1 cm³/mol. The third-order valence-electron chi connectivity index (χ3n) is 2.51. The van der Waals surface area contributed by atoms with E-state index in [1.165, 1.54) is 31.8 Å². The molecule has 0 unspecified atom stereocenters. The topological polar surface area (TPSA) is 15.3 Å². The van der Waals surface area contributed by atoms with Crippen LogP contribution in [0, 0.1) is 5.82 Å². The van der Waals surface area contributed by atoms with Crippen LogP contribution in [-0.2, 0) is 0 Å². The molecular weight excluding hydrogens is 303 g/mol. The second-order valence-corrected chi connectivity index (χ2v) is 5.27. The van der Waals surface area contributed by atoms with Crippen molar-refractivity contribution in [1.29, 1.82) is 0 Å². The van der Waals surface area contributed by atoms with Crippen LogP contribution in [0.1, 0.15) is 20.8 Å². The van der Waals surface area contributed by atoms with Crippen molar-refractivity contribution in [3.05, 3.63) is 29.0 Å². The van der Waals surface area contributed by atoms with E-state index in [2.05, 4.69) is 55.8 Å². The van der Waals surface area contributed by atoms with Crippen LogP contribution in [0.25, 0.3) is 0 Å². The van der Waals surface area contributed by atoms with Crippen LogP contribution in [0.4, 0.5) is 10.1 Å². The molecule has 0 amide bonds. The van der Waals surface area contributed by atoms with Crippen molar-refractivity contribution in [3.63, 3.8) is 0 Å². The molecule has 108 valence electrons. The summed E-state index contributed by atoms with van der Waals surface area (Å²) in [7, 11) is 0. The Kier molecular flexibility index (Phi) is 10.2. The molecule has 1 N–H and O–H groups in total. The second-order valence-electron chi connectivity index (χ2n) is 3.67. The maximum absolute atomic E-state index is 13.0. The summed E-state index contributed by atoms with van der Waals surface area (Å²) in [6.07, 6.45) is 0. The molecule has 0 aliphatic carbocycles. The quantitative estimate of drug-likeness (QED) is 0.629. The summed E-state index contributed by atoms with van der Waals surface area (Å²) < 4.78 is 13.2. The van der Waals surface area contributed by atoms with Gasteiger partial charge in [0, 0.05) is 5.02 Å². The van der Waals surface area contributed by atoms with Crippen molar-refractivity contribution in [2.75, 3.05) is 25.0 Å². The van der Waals surface area contributed by atoms with Crippen molar-refractivity contribution >= 4 is 46.5 Å². The fourth-order valence-corrected chi connectivity index (χ4v) is 1.77. The number of anilines is 1. The smallest absolute Gasteiger partial charge is 0.148 e. The Morgan fingerprint density at radius 3 is 2.16 bits per heavy atom. The van der Waals surface area contributed by atoms with Crippen LogP contribution in [0.15, 0.2) is 18.2 Å². The first-order valence-electron chi connectivity index (χ1n) is 6.11. The predicted octanol–water partition coefficient (Wildman–Crippen LogP) is 4.45. The number of hydrogen-bond acceptors (Lipinski definition) is 2. The fourth-order valence-electron chi connectivity index (χ4n) is 1.38. The van der Waals surface area contributed by atoms with Crippen LogP contribution in [0.3, 0.4) is 0 Å². The van der Waals surface area contributed by atoms with Gasteiger partial charge in [-0.2, -0.15) is 0 Å². The van der Waals surface area contributed by atoms with Crippen LogP contribution in [0.2, 0.25) is 5.02 Å². The molecule has 0 saturated heterocycles. The third kappa shape index (κ3) is 8.42. The van der Waals surface area contributed by atoms with E-state index in [4.69, 9.17) is 11.6 Å². The maximum Gasteiger partial charge on any atom is 0.148 e. The van der Waals surface area contributed by atoms with Gasteiger partial charge < -0.3 is 10.2 Å². The number of nitrogens with zero attached hydrogens (tertiary/aromatic N) is 1. The summed E-state index contributed by atoms with van der Waals surface area (Å²) >= 11 is 14.0. The number of rotatable bonds is 4. The zero-order chi connectivity index (χ0) is 14.8. The lowest BCUT2D eigenvalue weighted by Crippen LogP contribution is -2.21. The molecule has 0 fully saturated rings. The minimum atomic E-state index is -0.445. The molecule has 1 rings (SSSR count). The average Bonchev–Trinajstić information content (AvgIpc) is 2.35. The summed E-state index contributed by atoms with van der Waals surface area (Å²) in [6, 6.07) is 4.27. The van der Waals surface area contributed by atoms with Crippen molar-refractivity contribution in [3.8, 4) is 0 Å². The minimum absolute atomic E-state index is 0.219. The monoisotopic (exact) mass is 322 g/mol. The van der Waals surface area contributed by atoms with Gasteiger partial charge in [-0.3, -0.25) is 0 Å². The standard InChI is InChI=1S/C7H5ClFNS2.C6H15N/c8-4-1-2-6(5(9)3-4)10-7(11)12;1-4-7(5-2)6-3/h1-3H,(H2,10,11,12);4-6H2,1-3H3. The SMILES string of the molecule is CCN(CC)CC.Fc1cc(Cl)ccc1NC(=S)S. The van der Waals surface area contributed by atoms with Crippen molar-refractivity contribution in [2.45, 2.75) is 20.8 Å². The van der Waals surface area contributed by atoms with E-state index in [0.29, 0.717) is 5.02 Å². The minimum Gasteiger partial charge on any atom is -0.339 e. The number of benzene rings is 1. The summed E-state index contributed by atoms with van der Waals surface area (Å²) in [5, 5.41) is 2.91. The van der Waals surface area contributed by atoms with Gasteiger partial charge in [0.05, 0.1) is 5.69 Å². The Morgan fingerprint density at radius 1 is 1.32 bits per heavy atom.